The first kappa shape index (κ1) is 12.0. The van der Waals surface area contributed by atoms with Crippen molar-refractivity contribution in [2.24, 2.45) is 11.3 Å². The van der Waals surface area contributed by atoms with Crippen LogP contribution in [-0.4, -0.2) is 12.7 Å². The quantitative estimate of drug-likeness (QED) is 0.651. The first-order valence-electron chi connectivity index (χ1n) is 5.99. The molecular weight excluding hydrogens is 172 g/mol. The Morgan fingerprint density at radius 2 is 1.71 bits per heavy atom. The largest absolute Gasteiger partial charge is 0.378 e. The van der Waals surface area contributed by atoms with Gasteiger partial charge in [-0.05, 0) is 43.4 Å². The van der Waals surface area contributed by atoms with E-state index < -0.39 is 0 Å². The van der Waals surface area contributed by atoms with Gasteiger partial charge >= 0.3 is 0 Å². The molecule has 1 saturated carbocycles. The zero-order valence-corrected chi connectivity index (χ0v) is 10.5. The molecule has 1 aliphatic rings. The lowest BCUT2D eigenvalue weighted by Gasteiger charge is -2.43. The zero-order chi connectivity index (χ0) is 10.8. The molecule has 0 saturated heterocycles. The summed E-state index contributed by atoms with van der Waals surface area (Å²) in [6.07, 6.45) is 6.35. The maximum Gasteiger partial charge on any atom is 0.0676 e. The van der Waals surface area contributed by atoms with Gasteiger partial charge < -0.3 is 4.74 Å². The number of rotatable bonds is 2. The lowest BCUT2D eigenvalue weighted by Crippen LogP contribution is -2.38. The molecule has 1 fully saturated rings. The average Bonchev–Trinajstić information content (AvgIpc) is 2.16. The Labute approximate surface area is 89.2 Å². The molecule has 84 valence electrons. The van der Waals surface area contributed by atoms with Gasteiger partial charge in [0.2, 0.25) is 0 Å². The van der Waals surface area contributed by atoms with Crippen LogP contribution >= 0.6 is 0 Å². The molecule has 0 heterocycles. The molecule has 0 aromatic carbocycles. The zero-order valence-electron chi connectivity index (χ0n) is 10.5. The first-order chi connectivity index (χ1) is 6.43. The van der Waals surface area contributed by atoms with Gasteiger partial charge in [0.05, 0.1) is 5.60 Å². The van der Waals surface area contributed by atoms with Gasteiger partial charge in [0, 0.05) is 7.11 Å². The standard InChI is InChI=1S/C13H26O/c1-6-13(14-5)9-7-11(8-10-13)12(2,3)4/h11H,6-10H2,1-5H3. The average molecular weight is 198 g/mol. The molecule has 0 radical (unpaired) electrons. The van der Waals surface area contributed by atoms with E-state index in [0.29, 0.717) is 5.41 Å². The monoisotopic (exact) mass is 198 g/mol. The molecule has 1 rings (SSSR count). The summed E-state index contributed by atoms with van der Waals surface area (Å²) >= 11 is 0. The van der Waals surface area contributed by atoms with E-state index in [1.165, 1.54) is 32.1 Å². The molecule has 0 N–H and O–H groups in total. The highest BCUT2D eigenvalue weighted by Gasteiger charge is 2.37. The molecular formula is C13H26O. The summed E-state index contributed by atoms with van der Waals surface area (Å²) in [7, 11) is 1.88. The van der Waals surface area contributed by atoms with Crippen molar-refractivity contribution < 1.29 is 4.74 Å². The summed E-state index contributed by atoms with van der Waals surface area (Å²) in [6.45, 7) is 9.34. The fourth-order valence-corrected chi connectivity index (χ4v) is 2.71. The van der Waals surface area contributed by atoms with Crippen molar-refractivity contribution >= 4 is 0 Å². The summed E-state index contributed by atoms with van der Waals surface area (Å²) in [4.78, 5) is 0. The highest BCUT2D eigenvalue weighted by Crippen LogP contribution is 2.43. The van der Waals surface area contributed by atoms with Crippen molar-refractivity contribution in [3.8, 4) is 0 Å². The second-order valence-corrected chi connectivity index (χ2v) is 5.88. The summed E-state index contributed by atoms with van der Waals surface area (Å²) in [6, 6.07) is 0. The van der Waals surface area contributed by atoms with E-state index in [9.17, 15) is 0 Å². The number of methoxy groups -OCH3 is 1. The summed E-state index contributed by atoms with van der Waals surface area (Å²) in [5.41, 5.74) is 0.690. The Bertz CT molecular complexity index is 164. The number of hydrogen-bond donors (Lipinski definition) is 0. The van der Waals surface area contributed by atoms with E-state index in [4.69, 9.17) is 4.74 Å². The highest BCUT2D eigenvalue weighted by molar-refractivity contribution is 4.89. The Kier molecular flexibility index (Phi) is 3.63. The minimum Gasteiger partial charge on any atom is -0.378 e. The number of hydrogen-bond acceptors (Lipinski definition) is 1. The van der Waals surface area contributed by atoms with Crippen LogP contribution < -0.4 is 0 Å². The lowest BCUT2D eigenvalue weighted by atomic mass is 9.68. The summed E-state index contributed by atoms with van der Waals surface area (Å²) < 4.78 is 5.69. The topological polar surface area (TPSA) is 9.23 Å². The van der Waals surface area contributed by atoms with E-state index in [0.717, 1.165) is 5.92 Å². The molecule has 14 heavy (non-hydrogen) atoms. The van der Waals surface area contributed by atoms with Crippen LogP contribution in [-0.2, 0) is 4.74 Å². The maximum atomic E-state index is 5.69. The molecule has 0 bridgehead atoms. The molecule has 0 amide bonds. The van der Waals surface area contributed by atoms with Crippen LogP contribution in [0, 0.1) is 11.3 Å². The normalized spacial score (nSPS) is 34.5. The SMILES string of the molecule is CCC1(OC)CCC(C(C)(C)C)CC1. The third kappa shape index (κ3) is 2.50. The Balaban J connectivity index is 2.53. The lowest BCUT2D eigenvalue weighted by molar-refractivity contribution is -0.0621. The summed E-state index contributed by atoms with van der Waals surface area (Å²) in [5, 5.41) is 0. The van der Waals surface area contributed by atoms with Crippen LogP contribution in [0.15, 0.2) is 0 Å². The smallest absolute Gasteiger partial charge is 0.0676 e. The second kappa shape index (κ2) is 4.22. The maximum absolute atomic E-state index is 5.69. The Morgan fingerprint density at radius 3 is 2.00 bits per heavy atom. The molecule has 1 aliphatic carbocycles. The van der Waals surface area contributed by atoms with Gasteiger partial charge in [-0.2, -0.15) is 0 Å². The van der Waals surface area contributed by atoms with Crippen LogP contribution in [0.3, 0.4) is 0 Å². The molecule has 0 spiro atoms. The number of ether oxygens (including phenoxy) is 1. The summed E-state index contributed by atoms with van der Waals surface area (Å²) in [5.74, 6) is 0.886. The third-order valence-electron chi connectivity index (χ3n) is 4.20. The second-order valence-electron chi connectivity index (χ2n) is 5.88. The van der Waals surface area contributed by atoms with Crippen molar-refractivity contribution in [1.29, 1.82) is 0 Å². The third-order valence-corrected chi connectivity index (χ3v) is 4.20. The van der Waals surface area contributed by atoms with E-state index in [-0.39, 0.29) is 5.60 Å². The Morgan fingerprint density at radius 1 is 1.21 bits per heavy atom. The van der Waals surface area contributed by atoms with Gasteiger partial charge in [-0.3, -0.25) is 0 Å². The van der Waals surface area contributed by atoms with Gasteiger partial charge in [0.25, 0.3) is 0 Å². The van der Waals surface area contributed by atoms with Gasteiger partial charge in [-0.15, -0.1) is 0 Å². The van der Waals surface area contributed by atoms with Crippen LogP contribution in [0.25, 0.3) is 0 Å². The van der Waals surface area contributed by atoms with Crippen molar-refractivity contribution in [3.63, 3.8) is 0 Å². The van der Waals surface area contributed by atoms with Gasteiger partial charge in [-0.1, -0.05) is 27.7 Å². The van der Waals surface area contributed by atoms with E-state index in [1.54, 1.807) is 0 Å². The molecule has 0 aromatic rings. The van der Waals surface area contributed by atoms with Gasteiger partial charge in [0.15, 0.2) is 0 Å². The molecule has 0 atom stereocenters. The van der Waals surface area contributed by atoms with Crippen molar-refractivity contribution in [2.75, 3.05) is 7.11 Å². The van der Waals surface area contributed by atoms with E-state index in [1.807, 2.05) is 7.11 Å². The molecule has 0 unspecified atom stereocenters. The van der Waals surface area contributed by atoms with E-state index >= 15 is 0 Å². The van der Waals surface area contributed by atoms with E-state index in [2.05, 4.69) is 27.7 Å². The van der Waals surface area contributed by atoms with Crippen LogP contribution in [0.5, 0.6) is 0 Å². The fourth-order valence-electron chi connectivity index (χ4n) is 2.71. The van der Waals surface area contributed by atoms with Crippen LogP contribution in [0.4, 0.5) is 0 Å². The van der Waals surface area contributed by atoms with Crippen molar-refractivity contribution in [1.82, 2.24) is 0 Å². The minimum absolute atomic E-state index is 0.210. The minimum atomic E-state index is 0.210. The van der Waals surface area contributed by atoms with Gasteiger partial charge in [0.1, 0.15) is 0 Å². The predicted octanol–water partition coefficient (Wildman–Crippen LogP) is 4.02. The van der Waals surface area contributed by atoms with Crippen molar-refractivity contribution in [2.45, 2.75) is 65.4 Å². The first-order valence-corrected chi connectivity index (χ1v) is 5.99. The molecule has 1 nitrogen and oxygen atoms in total. The van der Waals surface area contributed by atoms with Gasteiger partial charge in [-0.25, -0.2) is 0 Å². The molecule has 0 aliphatic heterocycles. The highest BCUT2D eigenvalue weighted by atomic mass is 16.5. The predicted molar refractivity (Wildman–Crippen MR) is 61.4 cm³/mol. The van der Waals surface area contributed by atoms with Crippen LogP contribution in [0.1, 0.15) is 59.8 Å². The van der Waals surface area contributed by atoms with Crippen molar-refractivity contribution in [3.05, 3.63) is 0 Å². The fraction of sp³-hybridized carbons (Fsp3) is 1.00. The molecule has 1 heteroatoms. The molecule has 0 aromatic heterocycles. The Hall–Kier alpha value is -0.0400. The van der Waals surface area contributed by atoms with Crippen LogP contribution in [0.2, 0.25) is 0 Å².